The van der Waals surface area contributed by atoms with E-state index in [-0.39, 0.29) is 24.8 Å². The number of hydrogen-bond donors (Lipinski definition) is 2. The van der Waals surface area contributed by atoms with Gasteiger partial charge in [0.2, 0.25) is 0 Å². The zero-order valence-electron chi connectivity index (χ0n) is 13.1. The second-order valence-electron chi connectivity index (χ2n) is 6.26. The van der Waals surface area contributed by atoms with Crippen molar-refractivity contribution in [3.8, 4) is 0 Å². The summed E-state index contributed by atoms with van der Waals surface area (Å²) >= 11 is 6.02. The molecule has 3 unspecified atom stereocenters. The molecule has 0 aromatic heterocycles. The maximum atomic E-state index is 12.4. The largest absolute Gasteiger partial charge is 0.394 e. The average Bonchev–Trinajstić information content (AvgIpc) is 3.32. The summed E-state index contributed by atoms with van der Waals surface area (Å²) in [5.41, 5.74) is 1.19. The highest BCUT2D eigenvalue weighted by atomic mass is 35.5. The van der Waals surface area contributed by atoms with Crippen molar-refractivity contribution in [3.63, 3.8) is 0 Å². The number of amides is 2. The number of likely N-dealkylation sites (tertiary alicyclic amines) is 1. The first-order valence-corrected chi connectivity index (χ1v) is 8.58. The van der Waals surface area contributed by atoms with Crippen LogP contribution in [0.25, 0.3) is 0 Å². The number of piperidine rings is 1. The standard InChI is InChI=1S/C17H23ClN2O3/c18-13-4-1-3-12(9-13)15-10-16(15)19-17(22)20-6-2-5-14(11-20)23-8-7-21/h1,3-4,9,14-16,21H,2,5-8,10-11H2,(H,19,22). The summed E-state index contributed by atoms with van der Waals surface area (Å²) in [5.74, 6) is 0.365. The molecule has 0 radical (unpaired) electrons. The highest BCUT2D eigenvalue weighted by Crippen LogP contribution is 2.41. The van der Waals surface area contributed by atoms with Crippen LogP contribution in [-0.2, 0) is 4.74 Å². The Kier molecular flexibility index (Phi) is 5.41. The normalized spacial score (nSPS) is 26.9. The average molecular weight is 339 g/mol. The van der Waals surface area contributed by atoms with Crippen LogP contribution < -0.4 is 5.32 Å². The van der Waals surface area contributed by atoms with Gasteiger partial charge in [0.1, 0.15) is 0 Å². The van der Waals surface area contributed by atoms with Gasteiger partial charge in [-0.2, -0.15) is 0 Å². The van der Waals surface area contributed by atoms with Gasteiger partial charge in [0, 0.05) is 30.1 Å². The lowest BCUT2D eigenvalue weighted by Crippen LogP contribution is -2.48. The van der Waals surface area contributed by atoms with E-state index in [1.807, 2.05) is 23.1 Å². The second kappa shape index (κ2) is 7.51. The fraction of sp³-hybridized carbons (Fsp3) is 0.588. The SMILES string of the molecule is O=C(NC1CC1c1cccc(Cl)c1)N1CCCC(OCCO)C1. The molecule has 5 nitrogen and oxygen atoms in total. The van der Waals surface area contributed by atoms with E-state index in [9.17, 15) is 4.79 Å². The predicted octanol–water partition coefficient (Wildman–Crippen LogP) is 2.38. The number of aliphatic hydroxyl groups excluding tert-OH is 1. The van der Waals surface area contributed by atoms with Crippen LogP contribution in [0.5, 0.6) is 0 Å². The molecule has 126 valence electrons. The third-order valence-corrected chi connectivity index (χ3v) is 4.72. The van der Waals surface area contributed by atoms with E-state index >= 15 is 0 Å². The molecule has 1 aromatic rings. The van der Waals surface area contributed by atoms with Crippen molar-refractivity contribution < 1.29 is 14.6 Å². The molecule has 3 atom stereocenters. The fourth-order valence-corrected chi connectivity index (χ4v) is 3.39. The Morgan fingerprint density at radius 1 is 1.48 bits per heavy atom. The summed E-state index contributed by atoms with van der Waals surface area (Å²) in [6.45, 7) is 1.71. The highest BCUT2D eigenvalue weighted by molar-refractivity contribution is 6.30. The predicted molar refractivity (Wildman–Crippen MR) is 88.8 cm³/mol. The molecule has 3 rings (SSSR count). The van der Waals surface area contributed by atoms with Crippen LogP contribution in [0.2, 0.25) is 5.02 Å². The number of carbonyl (C=O) groups excluding carboxylic acids is 1. The van der Waals surface area contributed by atoms with Gasteiger partial charge in [-0.1, -0.05) is 23.7 Å². The number of carbonyl (C=O) groups is 1. The zero-order valence-corrected chi connectivity index (χ0v) is 13.8. The molecule has 1 saturated heterocycles. The van der Waals surface area contributed by atoms with Crippen LogP contribution in [0, 0.1) is 0 Å². The Balaban J connectivity index is 1.48. The maximum Gasteiger partial charge on any atom is 0.317 e. The second-order valence-corrected chi connectivity index (χ2v) is 6.69. The van der Waals surface area contributed by atoms with Crippen LogP contribution in [0.4, 0.5) is 4.79 Å². The molecule has 6 heteroatoms. The molecule has 2 N–H and O–H groups in total. The van der Waals surface area contributed by atoms with Crippen LogP contribution in [-0.4, -0.2) is 54.5 Å². The number of aliphatic hydroxyl groups is 1. The summed E-state index contributed by atoms with van der Waals surface area (Å²) in [6.07, 6.45) is 2.87. The smallest absolute Gasteiger partial charge is 0.317 e. The molecule has 2 amide bonds. The maximum absolute atomic E-state index is 12.4. The Hall–Kier alpha value is -1.30. The molecule has 2 fully saturated rings. The van der Waals surface area contributed by atoms with Gasteiger partial charge in [0.25, 0.3) is 0 Å². The molecule has 1 aliphatic carbocycles. The van der Waals surface area contributed by atoms with Crippen molar-refractivity contribution in [1.82, 2.24) is 10.2 Å². The van der Waals surface area contributed by atoms with E-state index in [1.54, 1.807) is 0 Å². The van der Waals surface area contributed by atoms with E-state index in [1.165, 1.54) is 5.56 Å². The Bertz CT molecular complexity index is 554. The van der Waals surface area contributed by atoms with E-state index in [2.05, 4.69) is 11.4 Å². The van der Waals surface area contributed by atoms with Gasteiger partial charge in [-0.15, -0.1) is 0 Å². The molecule has 1 aromatic carbocycles. The summed E-state index contributed by atoms with van der Waals surface area (Å²) < 4.78 is 5.55. The van der Waals surface area contributed by atoms with Gasteiger partial charge in [-0.05, 0) is 37.0 Å². The first kappa shape index (κ1) is 16.6. The number of hydrogen-bond acceptors (Lipinski definition) is 3. The number of rotatable bonds is 5. The number of ether oxygens (including phenoxy) is 1. The Morgan fingerprint density at radius 3 is 3.13 bits per heavy atom. The van der Waals surface area contributed by atoms with Crippen molar-refractivity contribution in [1.29, 1.82) is 0 Å². The van der Waals surface area contributed by atoms with Crippen LogP contribution in [0.15, 0.2) is 24.3 Å². The third-order valence-electron chi connectivity index (χ3n) is 4.49. The molecule has 1 aliphatic heterocycles. The van der Waals surface area contributed by atoms with Gasteiger partial charge in [0.05, 0.1) is 19.3 Å². The summed E-state index contributed by atoms with van der Waals surface area (Å²) in [4.78, 5) is 14.2. The van der Waals surface area contributed by atoms with Gasteiger partial charge in [0.15, 0.2) is 0 Å². The van der Waals surface area contributed by atoms with Crippen LogP contribution in [0.3, 0.4) is 0 Å². The number of nitrogens with zero attached hydrogens (tertiary/aromatic N) is 1. The molecule has 23 heavy (non-hydrogen) atoms. The number of benzene rings is 1. The van der Waals surface area contributed by atoms with Crippen molar-refractivity contribution in [3.05, 3.63) is 34.9 Å². The van der Waals surface area contributed by atoms with Crippen molar-refractivity contribution >= 4 is 17.6 Å². The first-order chi connectivity index (χ1) is 11.2. The number of halogens is 1. The Morgan fingerprint density at radius 2 is 2.35 bits per heavy atom. The lowest BCUT2D eigenvalue weighted by atomic mass is 10.1. The summed E-state index contributed by atoms with van der Waals surface area (Å²) in [6, 6.07) is 8.01. The molecule has 1 heterocycles. The summed E-state index contributed by atoms with van der Waals surface area (Å²) in [5, 5.41) is 12.7. The van der Waals surface area contributed by atoms with E-state index < -0.39 is 0 Å². The van der Waals surface area contributed by atoms with Gasteiger partial charge in [-0.25, -0.2) is 4.79 Å². The van der Waals surface area contributed by atoms with Gasteiger partial charge < -0.3 is 20.1 Å². The lowest BCUT2D eigenvalue weighted by molar-refractivity contribution is -0.00581. The Labute approximate surface area is 141 Å². The first-order valence-electron chi connectivity index (χ1n) is 8.20. The fourth-order valence-electron chi connectivity index (χ4n) is 3.19. The minimum Gasteiger partial charge on any atom is -0.394 e. The van der Waals surface area contributed by atoms with Gasteiger partial charge in [-0.3, -0.25) is 0 Å². The molecule has 1 saturated carbocycles. The molecular formula is C17H23ClN2O3. The molecule has 2 aliphatic rings. The minimum absolute atomic E-state index is 0.0168. The molecule has 0 bridgehead atoms. The monoisotopic (exact) mass is 338 g/mol. The summed E-state index contributed by atoms with van der Waals surface area (Å²) in [7, 11) is 0. The number of nitrogens with one attached hydrogen (secondary N) is 1. The van der Waals surface area contributed by atoms with Crippen molar-refractivity contribution in [2.24, 2.45) is 0 Å². The minimum atomic E-state index is -0.0168. The van der Waals surface area contributed by atoms with E-state index in [4.69, 9.17) is 21.4 Å². The zero-order chi connectivity index (χ0) is 16.2. The third kappa shape index (κ3) is 4.37. The topological polar surface area (TPSA) is 61.8 Å². The van der Waals surface area contributed by atoms with Crippen LogP contribution >= 0.6 is 11.6 Å². The highest BCUT2D eigenvalue weighted by Gasteiger charge is 2.40. The van der Waals surface area contributed by atoms with Crippen LogP contribution in [0.1, 0.15) is 30.7 Å². The number of urea groups is 1. The lowest BCUT2D eigenvalue weighted by Gasteiger charge is -2.32. The van der Waals surface area contributed by atoms with E-state index in [0.717, 1.165) is 30.8 Å². The van der Waals surface area contributed by atoms with Gasteiger partial charge >= 0.3 is 6.03 Å². The van der Waals surface area contributed by atoms with E-state index in [0.29, 0.717) is 19.1 Å². The van der Waals surface area contributed by atoms with Crippen molar-refractivity contribution in [2.45, 2.75) is 37.3 Å². The molecular weight excluding hydrogens is 316 g/mol. The van der Waals surface area contributed by atoms with Crippen molar-refractivity contribution in [2.75, 3.05) is 26.3 Å². The quantitative estimate of drug-likeness (QED) is 0.866. The molecule has 0 spiro atoms.